The molecule has 0 bridgehead atoms. The molecular formula is C12H24N2OS. The van der Waals surface area contributed by atoms with Gasteiger partial charge in [-0.2, -0.15) is 11.8 Å². The molecule has 1 aliphatic rings. The molecule has 3 nitrogen and oxygen atoms in total. The van der Waals surface area contributed by atoms with Crippen molar-refractivity contribution in [3.8, 4) is 0 Å². The summed E-state index contributed by atoms with van der Waals surface area (Å²) in [6.45, 7) is 4.94. The van der Waals surface area contributed by atoms with E-state index in [4.69, 9.17) is 0 Å². The summed E-state index contributed by atoms with van der Waals surface area (Å²) in [5, 5.41) is 6.45. The fourth-order valence-corrected chi connectivity index (χ4v) is 2.85. The quantitative estimate of drug-likeness (QED) is 0.748. The van der Waals surface area contributed by atoms with Gasteiger partial charge in [-0.1, -0.05) is 6.92 Å². The maximum Gasteiger partial charge on any atom is 0.221 e. The van der Waals surface area contributed by atoms with E-state index in [1.165, 1.54) is 24.3 Å². The molecule has 2 unspecified atom stereocenters. The molecular weight excluding hydrogens is 220 g/mol. The Labute approximate surface area is 103 Å². The molecule has 0 aromatic carbocycles. The van der Waals surface area contributed by atoms with Gasteiger partial charge in [0.2, 0.25) is 5.91 Å². The van der Waals surface area contributed by atoms with Gasteiger partial charge in [-0.15, -0.1) is 0 Å². The summed E-state index contributed by atoms with van der Waals surface area (Å²) in [7, 11) is 0. The van der Waals surface area contributed by atoms with Crippen molar-refractivity contribution in [1.29, 1.82) is 0 Å². The van der Waals surface area contributed by atoms with Crippen LogP contribution >= 0.6 is 11.8 Å². The Morgan fingerprint density at radius 2 is 2.38 bits per heavy atom. The number of nitrogens with one attached hydrogen (secondary N) is 2. The van der Waals surface area contributed by atoms with E-state index in [0.717, 1.165) is 13.0 Å². The van der Waals surface area contributed by atoms with Crippen molar-refractivity contribution in [1.82, 2.24) is 10.6 Å². The summed E-state index contributed by atoms with van der Waals surface area (Å²) >= 11 is 2.01. The Balaban J connectivity index is 2.03. The van der Waals surface area contributed by atoms with Gasteiger partial charge in [0.25, 0.3) is 0 Å². The summed E-state index contributed by atoms with van der Waals surface area (Å²) in [6.07, 6.45) is 4.17. The molecule has 2 N–H and O–H groups in total. The van der Waals surface area contributed by atoms with Crippen LogP contribution in [-0.2, 0) is 4.79 Å². The normalized spacial score (nSPS) is 22.8. The summed E-state index contributed by atoms with van der Waals surface area (Å²) in [6, 6.07) is 0.924. The van der Waals surface area contributed by atoms with E-state index >= 15 is 0 Å². The largest absolute Gasteiger partial charge is 0.354 e. The molecule has 4 heteroatoms. The van der Waals surface area contributed by atoms with Crippen molar-refractivity contribution in [3.05, 3.63) is 0 Å². The lowest BCUT2D eigenvalue weighted by Crippen LogP contribution is -2.38. The van der Waals surface area contributed by atoms with Crippen LogP contribution in [0.15, 0.2) is 0 Å². The van der Waals surface area contributed by atoms with Crippen LogP contribution < -0.4 is 10.6 Å². The molecule has 0 saturated carbocycles. The predicted octanol–water partition coefficient (Wildman–Crippen LogP) is 1.78. The van der Waals surface area contributed by atoms with Crippen molar-refractivity contribution in [3.63, 3.8) is 0 Å². The Morgan fingerprint density at radius 3 is 3.00 bits per heavy atom. The first-order valence-electron chi connectivity index (χ1n) is 6.33. The van der Waals surface area contributed by atoms with Gasteiger partial charge in [-0.3, -0.25) is 4.79 Å². The molecule has 1 saturated heterocycles. The van der Waals surface area contributed by atoms with Gasteiger partial charge < -0.3 is 10.6 Å². The number of amides is 1. The van der Waals surface area contributed by atoms with Crippen molar-refractivity contribution >= 4 is 17.7 Å². The van der Waals surface area contributed by atoms with Gasteiger partial charge >= 0.3 is 0 Å². The minimum atomic E-state index is 0.172. The second-order valence-corrected chi connectivity index (χ2v) is 5.64. The molecule has 16 heavy (non-hydrogen) atoms. The molecule has 0 aliphatic carbocycles. The highest BCUT2D eigenvalue weighted by molar-refractivity contribution is 7.99. The maximum absolute atomic E-state index is 11.5. The zero-order valence-corrected chi connectivity index (χ0v) is 11.2. The molecule has 0 spiro atoms. The van der Waals surface area contributed by atoms with E-state index in [0.29, 0.717) is 18.5 Å². The maximum atomic E-state index is 11.5. The van der Waals surface area contributed by atoms with E-state index in [9.17, 15) is 4.79 Å². The van der Waals surface area contributed by atoms with Crippen molar-refractivity contribution < 1.29 is 4.79 Å². The smallest absolute Gasteiger partial charge is 0.221 e. The fraction of sp³-hybridized carbons (Fsp3) is 0.917. The number of rotatable bonds is 6. The Hall–Kier alpha value is -0.220. The lowest BCUT2D eigenvalue weighted by molar-refractivity contribution is -0.121. The molecule has 1 heterocycles. The summed E-state index contributed by atoms with van der Waals surface area (Å²) < 4.78 is 0. The first-order chi connectivity index (χ1) is 7.72. The zero-order valence-electron chi connectivity index (χ0n) is 10.4. The first-order valence-corrected chi connectivity index (χ1v) is 7.48. The molecule has 1 amide bonds. The van der Waals surface area contributed by atoms with Crippen molar-refractivity contribution in [2.24, 2.45) is 0 Å². The summed E-state index contributed by atoms with van der Waals surface area (Å²) in [5.74, 6) is 2.67. The Kier molecular flexibility index (Phi) is 6.88. The van der Waals surface area contributed by atoms with Crippen LogP contribution in [0.1, 0.15) is 39.5 Å². The average molecular weight is 244 g/mol. The van der Waals surface area contributed by atoms with Gasteiger partial charge in [-0.05, 0) is 31.9 Å². The third kappa shape index (κ3) is 5.75. The zero-order chi connectivity index (χ0) is 11.8. The summed E-state index contributed by atoms with van der Waals surface area (Å²) in [5.41, 5.74) is 0. The number of carbonyl (C=O) groups excluding carboxylic acids is 1. The highest BCUT2D eigenvalue weighted by Gasteiger charge is 2.13. The third-order valence-corrected chi connectivity index (χ3v) is 4.18. The van der Waals surface area contributed by atoms with Gasteiger partial charge in [0.15, 0.2) is 0 Å². The van der Waals surface area contributed by atoms with Crippen LogP contribution in [0, 0.1) is 0 Å². The second-order valence-electron chi connectivity index (χ2n) is 4.50. The third-order valence-electron chi connectivity index (χ3n) is 2.97. The van der Waals surface area contributed by atoms with Crippen LogP contribution in [0.25, 0.3) is 0 Å². The average Bonchev–Trinajstić information content (AvgIpc) is 2.30. The topological polar surface area (TPSA) is 41.1 Å². The minimum absolute atomic E-state index is 0.172. The lowest BCUT2D eigenvalue weighted by Gasteiger charge is -2.22. The van der Waals surface area contributed by atoms with Crippen LogP contribution in [-0.4, -0.2) is 36.0 Å². The second kappa shape index (κ2) is 7.96. The van der Waals surface area contributed by atoms with Gasteiger partial charge in [0.1, 0.15) is 0 Å². The molecule has 2 atom stereocenters. The van der Waals surface area contributed by atoms with Crippen LogP contribution in [0.2, 0.25) is 0 Å². The highest BCUT2D eigenvalue weighted by Crippen LogP contribution is 2.16. The van der Waals surface area contributed by atoms with E-state index in [1.54, 1.807) is 0 Å². The first kappa shape index (κ1) is 13.8. The standard InChI is InChI=1S/C12H24N2OS/c1-3-10(2)14-12(15)6-7-13-11-5-4-8-16-9-11/h10-11,13H,3-9H2,1-2H3,(H,14,15). The monoisotopic (exact) mass is 244 g/mol. The predicted molar refractivity (Wildman–Crippen MR) is 70.9 cm³/mol. The lowest BCUT2D eigenvalue weighted by atomic mass is 10.2. The van der Waals surface area contributed by atoms with E-state index in [-0.39, 0.29) is 5.91 Å². The Morgan fingerprint density at radius 1 is 1.56 bits per heavy atom. The molecule has 94 valence electrons. The summed E-state index contributed by atoms with van der Waals surface area (Å²) in [4.78, 5) is 11.5. The van der Waals surface area contributed by atoms with Crippen molar-refractivity contribution in [2.45, 2.75) is 51.6 Å². The number of thioether (sulfide) groups is 1. The number of carbonyl (C=O) groups is 1. The van der Waals surface area contributed by atoms with E-state index in [1.807, 2.05) is 18.7 Å². The molecule has 1 aliphatic heterocycles. The minimum Gasteiger partial charge on any atom is -0.354 e. The SMILES string of the molecule is CCC(C)NC(=O)CCNC1CCCSC1. The molecule has 1 fully saturated rings. The fourth-order valence-electron chi connectivity index (χ4n) is 1.74. The van der Waals surface area contributed by atoms with Gasteiger partial charge in [0.05, 0.1) is 0 Å². The van der Waals surface area contributed by atoms with Crippen LogP contribution in [0.3, 0.4) is 0 Å². The van der Waals surface area contributed by atoms with Gasteiger partial charge in [-0.25, -0.2) is 0 Å². The van der Waals surface area contributed by atoms with Crippen molar-refractivity contribution in [2.75, 3.05) is 18.1 Å². The molecule has 0 aromatic heterocycles. The van der Waals surface area contributed by atoms with E-state index in [2.05, 4.69) is 17.6 Å². The highest BCUT2D eigenvalue weighted by atomic mass is 32.2. The number of hydrogen-bond acceptors (Lipinski definition) is 3. The molecule has 0 aromatic rings. The number of hydrogen-bond donors (Lipinski definition) is 2. The van der Waals surface area contributed by atoms with E-state index < -0.39 is 0 Å². The van der Waals surface area contributed by atoms with Gasteiger partial charge in [0, 0.05) is 30.8 Å². The molecule has 0 radical (unpaired) electrons. The van der Waals surface area contributed by atoms with Crippen LogP contribution in [0.5, 0.6) is 0 Å². The Bertz CT molecular complexity index is 205. The van der Waals surface area contributed by atoms with Crippen LogP contribution in [0.4, 0.5) is 0 Å². The molecule has 1 rings (SSSR count).